The molecular weight excluding hydrogens is 312 g/mol. The second kappa shape index (κ2) is 7.54. The number of nitrogens with zero attached hydrogens (tertiary/aromatic N) is 2. The topological polar surface area (TPSA) is 18.0 Å². The molecule has 1 aromatic heterocycles. The summed E-state index contributed by atoms with van der Waals surface area (Å²) in [7, 11) is 0. The predicted octanol–water partition coefficient (Wildman–Crippen LogP) is 6.03. The van der Waals surface area contributed by atoms with E-state index in [4.69, 9.17) is 5.43 Å². The van der Waals surface area contributed by atoms with Gasteiger partial charge in [-0.3, -0.25) is 0 Å². The standard InChI is InChI=1S/C21H22N2S/c1-16(2)18-9-11-19(12-10-18)22-23-15-5-4-6-21(23)24-20-13-7-17(3)8-14-20/h4-16H,1-3H3. The van der Waals surface area contributed by atoms with Gasteiger partial charge in [0.15, 0.2) is 6.20 Å². The SMILES string of the molecule is Cc1ccc(Sc2cccc[n+]2[N-]c2ccc(C(C)C)cc2)cc1. The van der Waals surface area contributed by atoms with Crippen molar-refractivity contribution in [1.82, 2.24) is 0 Å². The molecule has 3 heteroatoms. The first-order chi connectivity index (χ1) is 11.6. The fourth-order valence-electron chi connectivity index (χ4n) is 2.36. The maximum absolute atomic E-state index is 4.75. The first-order valence-corrected chi connectivity index (χ1v) is 9.00. The van der Waals surface area contributed by atoms with Crippen molar-refractivity contribution in [2.45, 2.75) is 36.6 Å². The highest BCUT2D eigenvalue weighted by molar-refractivity contribution is 7.99. The molecule has 0 aliphatic carbocycles. The predicted molar refractivity (Wildman–Crippen MR) is 101 cm³/mol. The van der Waals surface area contributed by atoms with E-state index in [1.807, 2.05) is 23.0 Å². The zero-order valence-corrected chi connectivity index (χ0v) is 15.1. The fourth-order valence-corrected chi connectivity index (χ4v) is 3.22. The van der Waals surface area contributed by atoms with Crippen molar-refractivity contribution in [2.75, 3.05) is 0 Å². The van der Waals surface area contributed by atoms with Crippen molar-refractivity contribution in [3.8, 4) is 0 Å². The van der Waals surface area contributed by atoms with Gasteiger partial charge < -0.3 is 5.43 Å². The van der Waals surface area contributed by atoms with E-state index in [1.54, 1.807) is 11.8 Å². The number of pyridine rings is 1. The molecule has 0 saturated carbocycles. The van der Waals surface area contributed by atoms with Crippen LogP contribution in [0.1, 0.15) is 30.9 Å². The van der Waals surface area contributed by atoms with Crippen LogP contribution >= 0.6 is 11.8 Å². The Hall–Kier alpha value is -2.26. The molecule has 0 unspecified atom stereocenters. The Morgan fingerprint density at radius 3 is 2.25 bits per heavy atom. The lowest BCUT2D eigenvalue weighted by molar-refractivity contribution is -0.658. The summed E-state index contributed by atoms with van der Waals surface area (Å²) in [5.74, 6) is 0.538. The van der Waals surface area contributed by atoms with Crippen LogP contribution in [0, 0.1) is 6.92 Å². The molecule has 0 spiro atoms. The minimum atomic E-state index is 0.538. The highest BCUT2D eigenvalue weighted by atomic mass is 32.2. The number of benzene rings is 2. The maximum Gasteiger partial charge on any atom is 0.240 e. The van der Waals surface area contributed by atoms with Gasteiger partial charge in [-0.15, -0.1) is 0 Å². The highest BCUT2D eigenvalue weighted by Crippen LogP contribution is 2.27. The molecule has 0 fully saturated rings. The van der Waals surface area contributed by atoms with Crippen molar-refractivity contribution in [3.05, 3.63) is 89.5 Å². The minimum Gasteiger partial charge on any atom is -0.404 e. The van der Waals surface area contributed by atoms with Gasteiger partial charge in [0.05, 0.1) is 0 Å². The van der Waals surface area contributed by atoms with E-state index in [2.05, 4.69) is 75.4 Å². The first kappa shape index (κ1) is 16.6. The van der Waals surface area contributed by atoms with Crippen LogP contribution in [0.4, 0.5) is 5.69 Å². The van der Waals surface area contributed by atoms with Crippen LogP contribution in [0.15, 0.2) is 82.8 Å². The highest BCUT2D eigenvalue weighted by Gasteiger charge is 2.07. The molecule has 0 bridgehead atoms. The lowest BCUT2D eigenvalue weighted by atomic mass is 10.0. The molecule has 0 radical (unpaired) electrons. The van der Waals surface area contributed by atoms with E-state index in [0.717, 1.165) is 10.7 Å². The Balaban J connectivity index is 1.79. The molecule has 0 aliphatic heterocycles. The summed E-state index contributed by atoms with van der Waals surface area (Å²) < 4.78 is 1.94. The molecule has 0 aliphatic rings. The van der Waals surface area contributed by atoms with Crippen molar-refractivity contribution in [2.24, 2.45) is 0 Å². The van der Waals surface area contributed by atoms with Gasteiger partial charge in [0.1, 0.15) is 0 Å². The molecule has 2 aromatic carbocycles. The normalized spacial score (nSPS) is 10.8. The van der Waals surface area contributed by atoms with Crippen LogP contribution in [0.5, 0.6) is 0 Å². The lowest BCUT2D eigenvalue weighted by Crippen LogP contribution is -2.30. The van der Waals surface area contributed by atoms with Gasteiger partial charge in [-0.1, -0.05) is 61.5 Å². The third-order valence-corrected chi connectivity index (χ3v) is 4.87. The molecule has 24 heavy (non-hydrogen) atoms. The molecule has 0 saturated heterocycles. The Morgan fingerprint density at radius 2 is 1.58 bits per heavy atom. The van der Waals surface area contributed by atoms with E-state index >= 15 is 0 Å². The second-order valence-corrected chi connectivity index (χ2v) is 7.24. The Labute approximate surface area is 148 Å². The third kappa shape index (κ3) is 4.18. The number of hydrogen-bond donors (Lipinski definition) is 0. The van der Waals surface area contributed by atoms with Crippen molar-refractivity contribution in [1.29, 1.82) is 0 Å². The number of aromatic nitrogens is 1. The van der Waals surface area contributed by atoms with Gasteiger partial charge >= 0.3 is 0 Å². The van der Waals surface area contributed by atoms with E-state index < -0.39 is 0 Å². The summed E-state index contributed by atoms with van der Waals surface area (Å²) in [5, 5.41) is 1.09. The van der Waals surface area contributed by atoms with Gasteiger partial charge in [0, 0.05) is 17.0 Å². The van der Waals surface area contributed by atoms with Crippen molar-refractivity contribution >= 4 is 17.4 Å². The average Bonchev–Trinajstić information content (AvgIpc) is 2.59. The minimum absolute atomic E-state index is 0.538. The Bertz CT molecular complexity index is 793. The number of hydrogen-bond acceptors (Lipinski definition) is 1. The first-order valence-electron chi connectivity index (χ1n) is 8.19. The smallest absolute Gasteiger partial charge is 0.240 e. The van der Waals surface area contributed by atoms with E-state index in [0.29, 0.717) is 5.92 Å². The lowest BCUT2D eigenvalue weighted by Gasteiger charge is -2.17. The number of rotatable bonds is 5. The van der Waals surface area contributed by atoms with E-state index in [9.17, 15) is 0 Å². The molecule has 2 nitrogen and oxygen atoms in total. The summed E-state index contributed by atoms with van der Waals surface area (Å²) in [6.45, 7) is 6.51. The van der Waals surface area contributed by atoms with Crippen molar-refractivity contribution < 1.29 is 4.68 Å². The Morgan fingerprint density at radius 1 is 0.875 bits per heavy atom. The fraction of sp³-hybridized carbons (Fsp3) is 0.190. The molecular formula is C21H22N2S. The molecule has 0 N–H and O–H groups in total. The summed E-state index contributed by atoms with van der Waals surface area (Å²) in [4.78, 5) is 1.21. The summed E-state index contributed by atoms with van der Waals surface area (Å²) in [5.41, 5.74) is 8.32. The maximum atomic E-state index is 4.75. The van der Waals surface area contributed by atoms with Crippen LogP contribution in [-0.2, 0) is 0 Å². The Kier molecular flexibility index (Phi) is 5.21. The molecule has 1 heterocycles. The number of aryl methyl sites for hydroxylation is 1. The van der Waals surface area contributed by atoms with Crippen LogP contribution in [0.25, 0.3) is 5.43 Å². The average molecular weight is 334 g/mol. The second-order valence-electron chi connectivity index (χ2n) is 6.14. The molecule has 3 rings (SSSR count). The van der Waals surface area contributed by atoms with Crippen LogP contribution in [-0.4, -0.2) is 0 Å². The third-order valence-electron chi connectivity index (χ3n) is 3.83. The quantitative estimate of drug-likeness (QED) is 0.521. The monoisotopic (exact) mass is 334 g/mol. The zero-order valence-electron chi connectivity index (χ0n) is 14.3. The van der Waals surface area contributed by atoms with Crippen LogP contribution < -0.4 is 4.68 Å². The molecule has 3 aromatic rings. The van der Waals surface area contributed by atoms with Crippen molar-refractivity contribution in [3.63, 3.8) is 0 Å². The summed E-state index contributed by atoms with van der Waals surface area (Å²) in [6.07, 6.45) is 1.99. The van der Waals surface area contributed by atoms with Gasteiger partial charge in [0.2, 0.25) is 5.03 Å². The van der Waals surface area contributed by atoms with Gasteiger partial charge in [-0.05, 0) is 48.4 Å². The molecule has 122 valence electrons. The van der Waals surface area contributed by atoms with E-state index in [-0.39, 0.29) is 0 Å². The molecule has 0 atom stereocenters. The van der Waals surface area contributed by atoms with Gasteiger partial charge in [-0.25, -0.2) is 4.68 Å². The zero-order chi connectivity index (χ0) is 16.9. The summed E-state index contributed by atoms with van der Waals surface area (Å²) >= 11 is 1.72. The van der Waals surface area contributed by atoms with Crippen LogP contribution in [0.2, 0.25) is 0 Å². The summed E-state index contributed by atoms with van der Waals surface area (Å²) in [6, 6.07) is 23.2. The van der Waals surface area contributed by atoms with Gasteiger partial charge in [0.25, 0.3) is 0 Å². The largest absolute Gasteiger partial charge is 0.404 e. The molecule has 0 amide bonds. The van der Waals surface area contributed by atoms with E-state index in [1.165, 1.54) is 16.0 Å². The van der Waals surface area contributed by atoms with Gasteiger partial charge in [-0.2, -0.15) is 0 Å². The van der Waals surface area contributed by atoms with Crippen LogP contribution in [0.3, 0.4) is 0 Å².